The quantitative estimate of drug-likeness (QED) is 0.633. The van der Waals surface area contributed by atoms with Crippen LogP contribution in [0, 0.1) is 0 Å². The maximum absolute atomic E-state index is 12.3. The third-order valence-corrected chi connectivity index (χ3v) is 5.80. The summed E-state index contributed by atoms with van der Waals surface area (Å²) in [5.74, 6) is -0.0135. The van der Waals surface area contributed by atoms with E-state index in [1.807, 2.05) is 32.5 Å². The van der Waals surface area contributed by atoms with Crippen molar-refractivity contribution in [3.8, 4) is 0 Å². The summed E-state index contributed by atoms with van der Waals surface area (Å²) in [5.41, 5.74) is -0.542. The number of esters is 2. The number of hydrogen-bond acceptors (Lipinski definition) is 6. The van der Waals surface area contributed by atoms with Crippen molar-refractivity contribution in [2.45, 2.75) is 102 Å². The topological polar surface area (TPSA) is 64.6 Å². The zero-order chi connectivity index (χ0) is 19.6. The normalized spacial score (nSPS) is 19.1. The van der Waals surface area contributed by atoms with Crippen LogP contribution in [0.3, 0.4) is 0 Å². The van der Waals surface area contributed by atoms with Gasteiger partial charge in [-0.2, -0.15) is 11.8 Å². The number of thioether (sulfide) groups is 1. The lowest BCUT2D eigenvalue weighted by atomic mass is 10.0. The predicted octanol–water partition coefficient (Wildman–Crippen LogP) is 4.08. The number of carbonyl (C=O) groups is 2. The Hall–Kier alpha value is -0.750. The third-order valence-electron chi connectivity index (χ3n) is 4.33. The first-order valence-corrected chi connectivity index (χ1v) is 11.0. The van der Waals surface area contributed by atoms with Crippen LogP contribution in [-0.2, 0) is 19.1 Å². The molecule has 2 atom stereocenters. The highest BCUT2D eigenvalue weighted by Crippen LogP contribution is 2.27. The Kier molecular flexibility index (Phi) is 10.6. The Labute approximate surface area is 163 Å². The van der Waals surface area contributed by atoms with Gasteiger partial charge in [0.1, 0.15) is 17.7 Å². The summed E-state index contributed by atoms with van der Waals surface area (Å²) in [7, 11) is 0. The van der Waals surface area contributed by atoms with E-state index in [1.54, 1.807) is 13.8 Å². The molecule has 0 bridgehead atoms. The van der Waals surface area contributed by atoms with E-state index in [0.29, 0.717) is 17.6 Å². The zero-order valence-electron chi connectivity index (χ0n) is 17.1. The molecule has 1 rings (SSSR count). The molecule has 1 fully saturated rings. The molecule has 0 radical (unpaired) electrons. The second-order valence-electron chi connectivity index (χ2n) is 8.03. The minimum absolute atomic E-state index is 0.291. The average molecular weight is 388 g/mol. The molecule has 0 heterocycles. The van der Waals surface area contributed by atoms with Crippen molar-refractivity contribution in [3.63, 3.8) is 0 Å². The molecule has 5 nitrogen and oxygen atoms in total. The van der Waals surface area contributed by atoms with Crippen molar-refractivity contribution in [1.82, 2.24) is 5.32 Å². The highest BCUT2D eigenvalue weighted by atomic mass is 32.2. The van der Waals surface area contributed by atoms with E-state index in [4.69, 9.17) is 9.47 Å². The summed E-state index contributed by atoms with van der Waals surface area (Å²) in [6, 6.07) is -1.05. The summed E-state index contributed by atoms with van der Waals surface area (Å²) >= 11 is 1.83. The molecule has 0 saturated heterocycles. The summed E-state index contributed by atoms with van der Waals surface area (Å²) < 4.78 is 10.6. The van der Waals surface area contributed by atoms with Crippen LogP contribution in [0.15, 0.2) is 0 Å². The molecule has 26 heavy (non-hydrogen) atoms. The lowest BCUT2D eigenvalue weighted by Gasteiger charge is -2.26. The largest absolute Gasteiger partial charge is 0.465 e. The summed E-state index contributed by atoms with van der Waals surface area (Å²) in [4.78, 5) is 24.6. The molecule has 1 aliphatic carbocycles. The smallest absolute Gasteiger partial charge is 0.324 e. The van der Waals surface area contributed by atoms with Gasteiger partial charge in [0.15, 0.2) is 0 Å². The fraction of sp³-hybridized carbons (Fsp3) is 0.900. The SMILES string of the molecule is CCOC(=O)[C@H](CSC1CCCCCCC1)NC(C)C(=O)OC(C)(C)C. The molecule has 0 aliphatic heterocycles. The van der Waals surface area contributed by atoms with Crippen molar-refractivity contribution in [3.05, 3.63) is 0 Å². The minimum atomic E-state index is -0.554. The molecule has 0 amide bonds. The Morgan fingerprint density at radius 1 is 1.08 bits per heavy atom. The van der Waals surface area contributed by atoms with Crippen LogP contribution >= 0.6 is 11.8 Å². The maximum Gasteiger partial charge on any atom is 0.324 e. The van der Waals surface area contributed by atoms with E-state index in [0.717, 1.165) is 0 Å². The third kappa shape index (κ3) is 9.81. The highest BCUT2D eigenvalue weighted by molar-refractivity contribution is 7.99. The van der Waals surface area contributed by atoms with Gasteiger partial charge in [-0.25, -0.2) is 0 Å². The van der Waals surface area contributed by atoms with Gasteiger partial charge in [0.05, 0.1) is 6.61 Å². The molecular weight excluding hydrogens is 350 g/mol. The fourth-order valence-electron chi connectivity index (χ4n) is 3.00. The van der Waals surface area contributed by atoms with Gasteiger partial charge in [-0.1, -0.05) is 32.1 Å². The van der Waals surface area contributed by atoms with Gasteiger partial charge >= 0.3 is 11.9 Å². The molecule has 6 heteroatoms. The molecule has 0 aromatic heterocycles. The van der Waals surface area contributed by atoms with Gasteiger partial charge in [-0.3, -0.25) is 14.9 Å². The number of nitrogens with one attached hydrogen (secondary N) is 1. The van der Waals surface area contributed by atoms with Gasteiger partial charge < -0.3 is 9.47 Å². The van der Waals surface area contributed by atoms with Gasteiger partial charge in [0.2, 0.25) is 0 Å². The minimum Gasteiger partial charge on any atom is -0.465 e. The van der Waals surface area contributed by atoms with Crippen molar-refractivity contribution in [2.75, 3.05) is 12.4 Å². The van der Waals surface area contributed by atoms with E-state index in [1.165, 1.54) is 44.9 Å². The van der Waals surface area contributed by atoms with E-state index in [9.17, 15) is 9.59 Å². The Balaban J connectivity index is 2.60. The first-order chi connectivity index (χ1) is 12.2. The van der Waals surface area contributed by atoms with Crippen LogP contribution in [0.1, 0.15) is 79.6 Å². The average Bonchev–Trinajstić information content (AvgIpc) is 2.50. The van der Waals surface area contributed by atoms with Gasteiger partial charge in [-0.05, 0) is 47.5 Å². The molecule has 0 aromatic carbocycles. The first-order valence-electron chi connectivity index (χ1n) is 10.00. The first kappa shape index (κ1) is 23.3. The molecule has 0 aromatic rings. The van der Waals surface area contributed by atoms with Crippen LogP contribution in [0.25, 0.3) is 0 Å². The van der Waals surface area contributed by atoms with Crippen LogP contribution in [0.2, 0.25) is 0 Å². The fourth-order valence-corrected chi connectivity index (χ4v) is 4.37. The summed E-state index contributed by atoms with van der Waals surface area (Å²) in [6.07, 6.45) is 8.92. The summed E-state index contributed by atoms with van der Waals surface area (Å²) in [6.45, 7) is 9.39. The standard InChI is InChI=1S/C20H37NO4S/c1-6-24-19(23)17(21-15(2)18(22)25-20(3,4)5)14-26-16-12-10-8-7-9-11-13-16/h15-17,21H,6-14H2,1-5H3/t15?,17-/m0/s1. The molecule has 1 unspecified atom stereocenters. The van der Waals surface area contributed by atoms with Crippen molar-refractivity contribution in [2.24, 2.45) is 0 Å². The van der Waals surface area contributed by atoms with Gasteiger partial charge in [0.25, 0.3) is 0 Å². The lowest BCUT2D eigenvalue weighted by molar-refractivity contribution is -0.157. The summed E-state index contributed by atoms with van der Waals surface area (Å²) in [5, 5.41) is 3.71. The second kappa shape index (κ2) is 11.9. The number of hydrogen-bond donors (Lipinski definition) is 1. The molecular formula is C20H37NO4S. The van der Waals surface area contributed by atoms with E-state index in [-0.39, 0.29) is 11.9 Å². The van der Waals surface area contributed by atoms with E-state index < -0.39 is 17.7 Å². The molecule has 1 saturated carbocycles. The molecule has 1 N–H and O–H groups in total. The van der Waals surface area contributed by atoms with Gasteiger partial charge in [-0.15, -0.1) is 0 Å². The molecule has 1 aliphatic rings. The lowest BCUT2D eigenvalue weighted by Crippen LogP contribution is -2.49. The zero-order valence-corrected chi connectivity index (χ0v) is 18.0. The van der Waals surface area contributed by atoms with Crippen LogP contribution in [0.4, 0.5) is 0 Å². The van der Waals surface area contributed by atoms with Crippen LogP contribution < -0.4 is 5.32 Å². The highest BCUT2D eigenvalue weighted by Gasteiger charge is 2.28. The van der Waals surface area contributed by atoms with Crippen molar-refractivity contribution in [1.29, 1.82) is 0 Å². The van der Waals surface area contributed by atoms with Crippen molar-refractivity contribution < 1.29 is 19.1 Å². The van der Waals surface area contributed by atoms with Crippen LogP contribution in [0.5, 0.6) is 0 Å². The number of carbonyl (C=O) groups excluding carboxylic acids is 2. The Morgan fingerprint density at radius 3 is 2.19 bits per heavy atom. The monoisotopic (exact) mass is 387 g/mol. The molecule has 152 valence electrons. The van der Waals surface area contributed by atoms with Crippen molar-refractivity contribution >= 4 is 23.7 Å². The number of ether oxygens (including phenoxy) is 2. The predicted molar refractivity (Wildman–Crippen MR) is 107 cm³/mol. The van der Waals surface area contributed by atoms with E-state index in [2.05, 4.69) is 5.32 Å². The van der Waals surface area contributed by atoms with E-state index >= 15 is 0 Å². The second-order valence-corrected chi connectivity index (χ2v) is 9.36. The Morgan fingerprint density at radius 2 is 1.65 bits per heavy atom. The Bertz CT molecular complexity index is 428. The maximum atomic E-state index is 12.3. The van der Waals surface area contributed by atoms with Gasteiger partial charge in [0, 0.05) is 11.0 Å². The number of rotatable bonds is 8. The van der Waals surface area contributed by atoms with Crippen LogP contribution in [-0.4, -0.2) is 47.2 Å². The molecule has 0 spiro atoms.